The summed E-state index contributed by atoms with van der Waals surface area (Å²) in [5.74, 6) is -1.64. The highest BCUT2D eigenvalue weighted by Gasteiger charge is 2.04. The lowest BCUT2D eigenvalue weighted by atomic mass is 10.2. The molecule has 0 aliphatic heterocycles. The minimum absolute atomic E-state index is 0.482. The Bertz CT molecular complexity index is 523. The summed E-state index contributed by atoms with van der Waals surface area (Å²) in [5.41, 5.74) is 1.64. The van der Waals surface area contributed by atoms with Crippen LogP contribution < -0.4 is 5.32 Å². The van der Waals surface area contributed by atoms with Crippen LogP contribution in [0, 0.1) is 11.6 Å². The van der Waals surface area contributed by atoms with E-state index in [0.717, 1.165) is 18.3 Å². The fourth-order valence-electron chi connectivity index (χ4n) is 1.69. The van der Waals surface area contributed by atoms with E-state index in [0.29, 0.717) is 18.7 Å². The molecule has 2 aromatic rings. The predicted molar refractivity (Wildman–Crippen MR) is 65.1 cm³/mol. The second kappa shape index (κ2) is 5.73. The lowest BCUT2D eigenvalue weighted by Crippen LogP contribution is -2.11. The molecule has 5 heteroatoms. The number of hydrogen-bond donors (Lipinski definition) is 1. The molecule has 0 atom stereocenters. The van der Waals surface area contributed by atoms with E-state index in [4.69, 9.17) is 0 Å². The first kappa shape index (κ1) is 12.7. The van der Waals surface area contributed by atoms with Gasteiger partial charge >= 0.3 is 0 Å². The number of hydrogen-bond acceptors (Lipinski definition) is 2. The molecule has 0 aliphatic carbocycles. The highest BCUT2D eigenvalue weighted by molar-refractivity contribution is 5.18. The number of nitrogens with zero attached hydrogens (tertiary/aromatic N) is 2. The average molecular weight is 251 g/mol. The van der Waals surface area contributed by atoms with Crippen molar-refractivity contribution in [3.05, 3.63) is 53.6 Å². The Hall–Kier alpha value is -1.75. The second-order valence-corrected chi connectivity index (χ2v) is 4.07. The molecule has 0 unspecified atom stereocenters. The summed E-state index contributed by atoms with van der Waals surface area (Å²) in [5, 5.41) is 3.17. The smallest absolute Gasteiger partial charge is 0.159 e. The van der Waals surface area contributed by atoms with E-state index in [2.05, 4.69) is 10.3 Å². The Balaban J connectivity index is 2.04. The maximum Gasteiger partial charge on any atom is 0.159 e. The van der Waals surface area contributed by atoms with Gasteiger partial charge in [0.2, 0.25) is 0 Å². The number of halogens is 2. The lowest BCUT2D eigenvalue weighted by molar-refractivity contribution is 0.506. The van der Waals surface area contributed by atoms with Crippen molar-refractivity contribution in [3.8, 4) is 0 Å². The monoisotopic (exact) mass is 251 g/mol. The third-order valence-corrected chi connectivity index (χ3v) is 2.59. The molecule has 2 rings (SSSR count). The summed E-state index contributed by atoms with van der Waals surface area (Å²) in [6.45, 7) is 4.10. The molecule has 1 aromatic carbocycles. The van der Waals surface area contributed by atoms with Gasteiger partial charge in [-0.15, -0.1) is 0 Å². The maximum atomic E-state index is 13.0. The van der Waals surface area contributed by atoms with Crippen molar-refractivity contribution < 1.29 is 8.78 Å². The van der Waals surface area contributed by atoms with Crippen molar-refractivity contribution in [2.45, 2.75) is 20.0 Å². The van der Waals surface area contributed by atoms with Crippen LogP contribution in [0.25, 0.3) is 0 Å². The van der Waals surface area contributed by atoms with Crippen molar-refractivity contribution >= 4 is 0 Å². The van der Waals surface area contributed by atoms with Crippen LogP contribution in [0.2, 0.25) is 0 Å². The van der Waals surface area contributed by atoms with Crippen molar-refractivity contribution in [1.82, 2.24) is 14.9 Å². The fraction of sp³-hybridized carbons (Fsp3) is 0.308. The molecule has 18 heavy (non-hydrogen) atoms. The standard InChI is InChI=1S/C13H15F2N3/c1-2-16-6-11-8-18(9-17-11)7-10-3-4-12(14)13(15)5-10/h3-5,8-9,16H,2,6-7H2,1H3. The van der Waals surface area contributed by atoms with E-state index in [-0.39, 0.29) is 0 Å². The van der Waals surface area contributed by atoms with Gasteiger partial charge < -0.3 is 9.88 Å². The van der Waals surface area contributed by atoms with Gasteiger partial charge in [-0.05, 0) is 24.2 Å². The zero-order valence-corrected chi connectivity index (χ0v) is 10.2. The molecule has 0 bridgehead atoms. The minimum atomic E-state index is -0.822. The lowest BCUT2D eigenvalue weighted by Gasteiger charge is -2.03. The average Bonchev–Trinajstić information content (AvgIpc) is 2.79. The van der Waals surface area contributed by atoms with Crippen LogP contribution in [0.4, 0.5) is 8.78 Å². The third-order valence-electron chi connectivity index (χ3n) is 2.59. The molecule has 0 saturated carbocycles. The van der Waals surface area contributed by atoms with Crippen LogP contribution in [0.3, 0.4) is 0 Å². The number of imidazole rings is 1. The molecule has 0 saturated heterocycles. The zero-order valence-electron chi connectivity index (χ0n) is 10.2. The quantitative estimate of drug-likeness (QED) is 0.883. The number of nitrogens with one attached hydrogen (secondary N) is 1. The molecule has 0 fully saturated rings. The van der Waals surface area contributed by atoms with E-state index in [1.807, 2.05) is 17.7 Å². The van der Waals surface area contributed by atoms with Gasteiger partial charge in [0.1, 0.15) is 0 Å². The van der Waals surface area contributed by atoms with E-state index in [1.54, 1.807) is 12.4 Å². The summed E-state index contributed by atoms with van der Waals surface area (Å²) in [4.78, 5) is 4.22. The highest BCUT2D eigenvalue weighted by atomic mass is 19.2. The molecular formula is C13H15F2N3. The largest absolute Gasteiger partial charge is 0.333 e. The van der Waals surface area contributed by atoms with Gasteiger partial charge in [-0.1, -0.05) is 13.0 Å². The first-order valence-corrected chi connectivity index (χ1v) is 5.84. The van der Waals surface area contributed by atoms with Crippen LogP contribution in [-0.4, -0.2) is 16.1 Å². The van der Waals surface area contributed by atoms with E-state index >= 15 is 0 Å². The third kappa shape index (κ3) is 3.13. The summed E-state index contributed by atoms with van der Waals surface area (Å²) in [6.07, 6.45) is 3.58. The Morgan fingerprint density at radius 2 is 2.11 bits per heavy atom. The predicted octanol–water partition coefficient (Wildman–Crippen LogP) is 2.32. The number of rotatable bonds is 5. The van der Waals surface area contributed by atoms with Crippen molar-refractivity contribution in [3.63, 3.8) is 0 Å². The number of aromatic nitrogens is 2. The maximum absolute atomic E-state index is 13.0. The van der Waals surface area contributed by atoms with Crippen LogP contribution >= 0.6 is 0 Å². The molecule has 0 radical (unpaired) electrons. The van der Waals surface area contributed by atoms with Gasteiger partial charge in [-0.3, -0.25) is 0 Å². The molecule has 1 heterocycles. The van der Waals surface area contributed by atoms with Gasteiger partial charge in [0.05, 0.1) is 12.0 Å². The summed E-state index contributed by atoms with van der Waals surface area (Å²) in [6, 6.07) is 3.92. The molecule has 0 aliphatic rings. The Morgan fingerprint density at radius 1 is 1.28 bits per heavy atom. The molecule has 0 spiro atoms. The minimum Gasteiger partial charge on any atom is -0.333 e. The molecule has 1 N–H and O–H groups in total. The van der Waals surface area contributed by atoms with Crippen molar-refractivity contribution in [2.75, 3.05) is 6.54 Å². The van der Waals surface area contributed by atoms with E-state index in [9.17, 15) is 8.78 Å². The Kier molecular flexibility index (Phi) is 4.04. The van der Waals surface area contributed by atoms with Gasteiger partial charge in [0, 0.05) is 19.3 Å². The summed E-state index contributed by atoms with van der Waals surface area (Å²) in [7, 11) is 0. The summed E-state index contributed by atoms with van der Waals surface area (Å²) >= 11 is 0. The first-order chi connectivity index (χ1) is 8.69. The zero-order chi connectivity index (χ0) is 13.0. The van der Waals surface area contributed by atoms with Gasteiger partial charge in [0.15, 0.2) is 11.6 Å². The SMILES string of the molecule is CCNCc1cn(Cc2ccc(F)c(F)c2)cn1. The van der Waals surface area contributed by atoms with Gasteiger partial charge in [0.25, 0.3) is 0 Å². The second-order valence-electron chi connectivity index (χ2n) is 4.07. The van der Waals surface area contributed by atoms with Gasteiger partial charge in [-0.2, -0.15) is 0 Å². The first-order valence-electron chi connectivity index (χ1n) is 5.84. The van der Waals surface area contributed by atoms with Crippen molar-refractivity contribution in [1.29, 1.82) is 0 Å². The fourth-order valence-corrected chi connectivity index (χ4v) is 1.69. The molecular weight excluding hydrogens is 236 g/mol. The van der Waals surface area contributed by atoms with Crippen molar-refractivity contribution in [2.24, 2.45) is 0 Å². The van der Waals surface area contributed by atoms with Crippen LogP contribution in [-0.2, 0) is 13.1 Å². The van der Waals surface area contributed by atoms with E-state index in [1.165, 1.54) is 6.07 Å². The molecule has 3 nitrogen and oxygen atoms in total. The summed E-state index contributed by atoms with van der Waals surface area (Å²) < 4.78 is 27.7. The Labute approximate surface area is 104 Å². The van der Waals surface area contributed by atoms with Crippen LogP contribution in [0.5, 0.6) is 0 Å². The molecule has 96 valence electrons. The van der Waals surface area contributed by atoms with Crippen LogP contribution in [0.15, 0.2) is 30.7 Å². The highest BCUT2D eigenvalue weighted by Crippen LogP contribution is 2.10. The normalized spacial score (nSPS) is 10.8. The van der Waals surface area contributed by atoms with Crippen LogP contribution in [0.1, 0.15) is 18.2 Å². The molecule has 1 aromatic heterocycles. The Morgan fingerprint density at radius 3 is 2.83 bits per heavy atom. The molecule has 0 amide bonds. The topological polar surface area (TPSA) is 29.9 Å². The number of benzene rings is 1. The van der Waals surface area contributed by atoms with E-state index < -0.39 is 11.6 Å². The van der Waals surface area contributed by atoms with Gasteiger partial charge in [-0.25, -0.2) is 13.8 Å².